The SMILES string of the molecule is CC(C)(C(N)CC1CCC1)S(C)(=O)=O. The van der Waals surface area contributed by atoms with Gasteiger partial charge in [0, 0.05) is 12.3 Å². The van der Waals surface area contributed by atoms with Gasteiger partial charge in [0.05, 0.1) is 4.75 Å². The van der Waals surface area contributed by atoms with Gasteiger partial charge in [-0.25, -0.2) is 8.42 Å². The van der Waals surface area contributed by atoms with Crippen molar-refractivity contribution in [2.45, 2.75) is 50.3 Å². The quantitative estimate of drug-likeness (QED) is 0.776. The number of sulfone groups is 1. The molecule has 14 heavy (non-hydrogen) atoms. The molecule has 1 atom stereocenters. The van der Waals surface area contributed by atoms with Crippen molar-refractivity contribution in [2.24, 2.45) is 11.7 Å². The van der Waals surface area contributed by atoms with Crippen LogP contribution in [0.4, 0.5) is 0 Å². The van der Waals surface area contributed by atoms with E-state index >= 15 is 0 Å². The molecule has 0 spiro atoms. The highest BCUT2D eigenvalue weighted by Gasteiger charge is 2.38. The molecule has 0 aromatic heterocycles. The van der Waals surface area contributed by atoms with Crippen LogP contribution >= 0.6 is 0 Å². The summed E-state index contributed by atoms with van der Waals surface area (Å²) in [6.07, 6.45) is 5.82. The first-order chi connectivity index (χ1) is 6.25. The molecule has 1 unspecified atom stereocenters. The molecular weight excluding hydrogens is 198 g/mol. The third-order valence-electron chi connectivity index (χ3n) is 3.66. The second-order valence-corrected chi connectivity index (χ2v) is 7.61. The molecule has 0 aromatic rings. The molecule has 84 valence electrons. The van der Waals surface area contributed by atoms with Crippen molar-refractivity contribution in [3.05, 3.63) is 0 Å². The molecule has 0 amide bonds. The molecule has 1 rings (SSSR count). The van der Waals surface area contributed by atoms with E-state index in [4.69, 9.17) is 5.73 Å². The molecule has 0 bridgehead atoms. The number of rotatable bonds is 4. The van der Waals surface area contributed by atoms with Gasteiger partial charge in [-0.3, -0.25) is 0 Å². The van der Waals surface area contributed by atoms with E-state index in [1.54, 1.807) is 13.8 Å². The standard InChI is InChI=1S/C10H21NO2S/c1-10(2,14(3,12)13)9(11)7-8-5-4-6-8/h8-9H,4-7,11H2,1-3H3. The van der Waals surface area contributed by atoms with Gasteiger partial charge in [0.2, 0.25) is 0 Å². The Morgan fingerprint density at radius 2 is 1.93 bits per heavy atom. The van der Waals surface area contributed by atoms with Gasteiger partial charge in [0.1, 0.15) is 0 Å². The van der Waals surface area contributed by atoms with Crippen molar-refractivity contribution >= 4 is 9.84 Å². The first-order valence-corrected chi connectivity index (χ1v) is 7.09. The van der Waals surface area contributed by atoms with Gasteiger partial charge in [0.25, 0.3) is 0 Å². The molecule has 0 heterocycles. The molecule has 0 aliphatic heterocycles. The molecule has 0 saturated heterocycles. The maximum absolute atomic E-state index is 11.5. The summed E-state index contributed by atoms with van der Waals surface area (Å²) in [5, 5.41) is 0. The summed E-state index contributed by atoms with van der Waals surface area (Å²) in [7, 11) is -3.06. The maximum Gasteiger partial charge on any atom is 0.154 e. The first kappa shape index (κ1) is 12.0. The third-order valence-corrected chi connectivity index (χ3v) is 5.87. The Morgan fingerprint density at radius 3 is 2.21 bits per heavy atom. The molecule has 4 heteroatoms. The molecule has 2 N–H and O–H groups in total. The van der Waals surface area contributed by atoms with E-state index in [0.29, 0.717) is 5.92 Å². The minimum atomic E-state index is -3.06. The smallest absolute Gasteiger partial charge is 0.154 e. The summed E-state index contributed by atoms with van der Waals surface area (Å²) >= 11 is 0. The predicted molar refractivity (Wildman–Crippen MR) is 58.9 cm³/mol. The van der Waals surface area contributed by atoms with Gasteiger partial charge in [-0.15, -0.1) is 0 Å². The predicted octanol–water partition coefficient (Wildman–Crippen LogP) is 1.33. The van der Waals surface area contributed by atoms with E-state index in [0.717, 1.165) is 6.42 Å². The van der Waals surface area contributed by atoms with Crippen LogP contribution in [0.25, 0.3) is 0 Å². The van der Waals surface area contributed by atoms with Crippen molar-refractivity contribution < 1.29 is 8.42 Å². The van der Waals surface area contributed by atoms with E-state index < -0.39 is 14.6 Å². The van der Waals surface area contributed by atoms with Crippen molar-refractivity contribution in [1.82, 2.24) is 0 Å². The van der Waals surface area contributed by atoms with Gasteiger partial charge in [-0.2, -0.15) is 0 Å². The lowest BCUT2D eigenvalue weighted by molar-refractivity contribution is 0.261. The summed E-state index contributed by atoms with van der Waals surface area (Å²) in [6.45, 7) is 3.46. The Morgan fingerprint density at radius 1 is 1.43 bits per heavy atom. The van der Waals surface area contributed by atoms with E-state index in [1.165, 1.54) is 25.5 Å². The van der Waals surface area contributed by atoms with Crippen LogP contribution in [-0.2, 0) is 9.84 Å². The van der Waals surface area contributed by atoms with E-state index in [1.807, 2.05) is 0 Å². The molecule has 0 radical (unpaired) electrons. The Balaban J connectivity index is 2.61. The van der Waals surface area contributed by atoms with Crippen molar-refractivity contribution in [3.8, 4) is 0 Å². The number of nitrogens with two attached hydrogens (primary N) is 1. The Hall–Kier alpha value is -0.0900. The fraction of sp³-hybridized carbons (Fsp3) is 1.00. The van der Waals surface area contributed by atoms with E-state index in [-0.39, 0.29) is 6.04 Å². The monoisotopic (exact) mass is 219 g/mol. The topological polar surface area (TPSA) is 60.2 Å². The largest absolute Gasteiger partial charge is 0.326 e. The van der Waals surface area contributed by atoms with Crippen molar-refractivity contribution in [3.63, 3.8) is 0 Å². The normalized spacial score (nSPS) is 21.7. The van der Waals surface area contributed by atoms with Gasteiger partial charge in [-0.05, 0) is 26.2 Å². The Bertz CT molecular complexity index is 291. The van der Waals surface area contributed by atoms with Crippen LogP contribution in [0.2, 0.25) is 0 Å². The van der Waals surface area contributed by atoms with Crippen LogP contribution in [-0.4, -0.2) is 25.5 Å². The van der Waals surface area contributed by atoms with Gasteiger partial charge >= 0.3 is 0 Å². The molecule has 0 aromatic carbocycles. The summed E-state index contributed by atoms with van der Waals surface area (Å²) < 4.78 is 22.2. The summed E-state index contributed by atoms with van der Waals surface area (Å²) in [5.41, 5.74) is 5.97. The van der Waals surface area contributed by atoms with E-state index in [9.17, 15) is 8.42 Å². The maximum atomic E-state index is 11.5. The average Bonchev–Trinajstić information content (AvgIpc) is 1.93. The van der Waals surface area contributed by atoms with Gasteiger partial charge in [0.15, 0.2) is 9.84 Å². The number of hydrogen-bond donors (Lipinski definition) is 1. The van der Waals surface area contributed by atoms with Crippen molar-refractivity contribution in [2.75, 3.05) is 6.26 Å². The van der Waals surface area contributed by atoms with Crippen LogP contribution < -0.4 is 5.73 Å². The van der Waals surface area contributed by atoms with Crippen LogP contribution in [0.1, 0.15) is 39.5 Å². The lowest BCUT2D eigenvalue weighted by Gasteiger charge is -2.35. The fourth-order valence-corrected chi connectivity index (χ4v) is 2.29. The lowest BCUT2D eigenvalue weighted by atomic mass is 9.79. The van der Waals surface area contributed by atoms with Crippen LogP contribution in [0, 0.1) is 5.92 Å². The minimum absolute atomic E-state index is 0.234. The molecule has 3 nitrogen and oxygen atoms in total. The average molecular weight is 219 g/mol. The molecule has 1 saturated carbocycles. The first-order valence-electron chi connectivity index (χ1n) is 5.20. The molecule has 1 aliphatic carbocycles. The second kappa shape index (κ2) is 3.81. The molecule has 1 fully saturated rings. The van der Waals surface area contributed by atoms with Crippen molar-refractivity contribution in [1.29, 1.82) is 0 Å². The summed E-state index contributed by atoms with van der Waals surface area (Å²) in [5.74, 6) is 0.658. The highest BCUT2D eigenvalue weighted by atomic mass is 32.2. The Labute approximate surface area is 87.0 Å². The van der Waals surface area contributed by atoms with Gasteiger partial charge in [-0.1, -0.05) is 19.3 Å². The van der Waals surface area contributed by atoms with E-state index in [2.05, 4.69) is 0 Å². The zero-order valence-electron chi connectivity index (χ0n) is 9.29. The number of hydrogen-bond acceptors (Lipinski definition) is 3. The molecule has 1 aliphatic rings. The summed E-state index contributed by atoms with van der Waals surface area (Å²) in [6, 6.07) is -0.234. The van der Waals surface area contributed by atoms with Crippen LogP contribution in [0.15, 0.2) is 0 Å². The zero-order valence-corrected chi connectivity index (χ0v) is 10.1. The van der Waals surface area contributed by atoms with Crippen LogP contribution in [0.5, 0.6) is 0 Å². The zero-order chi connectivity index (χ0) is 11.0. The molecular formula is C10H21NO2S. The fourth-order valence-electron chi connectivity index (χ4n) is 1.65. The highest BCUT2D eigenvalue weighted by molar-refractivity contribution is 7.92. The van der Waals surface area contributed by atoms with Gasteiger partial charge < -0.3 is 5.73 Å². The second-order valence-electron chi connectivity index (χ2n) is 5.01. The Kier molecular flexibility index (Phi) is 3.26. The highest BCUT2D eigenvalue weighted by Crippen LogP contribution is 2.33. The minimum Gasteiger partial charge on any atom is -0.326 e. The third kappa shape index (κ3) is 2.28. The summed E-state index contributed by atoms with van der Waals surface area (Å²) in [4.78, 5) is 0. The lowest BCUT2D eigenvalue weighted by Crippen LogP contribution is -2.50. The van der Waals surface area contributed by atoms with Crippen LogP contribution in [0.3, 0.4) is 0 Å².